The Morgan fingerprint density at radius 3 is 2.56 bits per heavy atom. The molecular weight excluding hydrogens is 317 g/mol. The van der Waals surface area contributed by atoms with Gasteiger partial charge in [0.05, 0.1) is 12.2 Å². The normalized spacial score (nSPS) is 11.1. The zero-order valence-corrected chi connectivity index (χ0v) is 12.6. The first-order chi connectivity index (χ1) is 7.06. The highest BCUT2D eigenvalue weighted by Gasteiger charge is 2.07. The maximum Gasteiger partial charge on any atom is 0.188 e. The van der Waals surface area contributed by atoms with E-state index in [-0.39, 0.29) is 24.0 Å². The summed E-state index contributed by atoms with van der Waals surface area (Å²) < 4.78 is 1.86. The molecule has 6 heteroatoms. The highest BCUT2D eigenvalue weighted by atomic mass is 127. The Bertz CT molecular complexity index is 370. The van der Waals surface area contributed by atoms with Crippen molar-refractivity contribution in [1.29, 1.82) is 0 Å². The first-order valence-electron chi connectivity index (χ1n) is 5.09. The Kier molecular flexibility index (Phi) is 6.39. The number of hydrogen-bond donors (Lipinski definition) is 2. The lowest BCUT2D eigenvalue weighted by molar-refractivity contribution is 0.730. The van der Waals surface area contributed by atoms with E-state index in [0.29, 0.717) is 12.5 Å². The van der Waals surface area contributed by atoms with Crippen LogP contribution in [0.1, 0.15) is 23.9 Å². The summed E-state index contributed by atoms with van der Waals surface area (Å²) in [7, 11) is 1.93. The molecule has 3 N–H and O–H groups in total. The van der Waals surface area contributed by atoms with Crippen molar-refractivity contribution in [2.24, 2.45) is 17.8 Å². The molecule has 0 bridgehead atoms. The van der Waals surface area contributed by atoms with Crippen LogP contribution in [0, 0.1) is 13.8 Å². The van der Waals surface area contributed by atoms with Crippen molar-refractivity contribution in [2.45, 2.75) is 27.3 Å². The van der Waals surface area contributed by atoms with Gasteiger partial charge in [-0.2, -0.15) is 5.10 Å². The largest absolute Gasteiger partial charge is 0.370 e. The van der Waals surface area contributed by atoms with Gasteiger partial charge >= 0.3 is 0 Å². The van der Waals surface area contributed by atoms with E-state index >= 15 is 0 Å². The maximum absolute atomic E-state index is 5.65. The number of halogens is 1. The Morgan fingerprint density at radius 2 is 2.12 bits per heavy atom. The zero-order chi connectivity index (χ0) is 11.4. The summed E-state index contributed by atoms with van der Waals surface area (Å²) in [5.74, 6) is 0.486. The topological polar surface area (TPSA) is 68.2 Å². The first kappa shape index (κ1) is 15.2. The highest BCUT2D eigenvalue weighted by Crippen LogP contribution is 2.12. The number of hydrogen-bond acceptors (Lipinski definition) is 2. The van der Waals surface area contributed by atoms with Crippen LogP contribution in [0.15, 0.2) is 4.99 Å². The summed E-state index contributed by atoms with van der Waals surface area (Å²) in [5.41, 5.74) is 8.96. The van der Waals surface area contributed by atoms with Gasteiger partial charge in [0, 0.05) is 24.8 Å². The average Bonchev–Trinajstić information content (AvgIpc) is 2.40. The summed E-state index contributed by atoms with van der Waals surface area (Å²) in [5, 5.41) is 7.28. The van der Waals surface area contributed by atoms with E-state index in [2.05, 4.69) is 15.4 Å². The van der Waals surface area contributed by atoms with Gasteiger partial charge in [-0.15, -0.1) is 24.0 Å². The van der Waals surface area contributed by atoms with Crippen LogP contribution < -0.4 is 11.1 Å². The van der Waals surface area contributed by atoms with E-state index < -0.39 is 0 Å². The van der Waals surface area contributed by atoms with Gasteiger partial charge < -0.3 is 11.1 Å². The van der Waals surface area contributed by atoms with E-state index in [1.807, 2.05) is 32.5 Å². The second kappa shape index (κ2) is 6.72. The summed E-state index contributed by atoms with van der Waals surface area (Å²) in [6.07, 6.45) is 0. The molecule has 0 spiro atoms. The SMILES string of the molecule is CCNC(N)=NCc1c(C)nn(C)c1C.I. The van der Waals surface area contributed by atoms with Crippen molar-refractivity contribution in [3.8, 4) is 0 Å². The second-order valence-electron chi connectivity index (χ2n) is 3.50. The molecule has 1 aromatic rings. The van der Waals surface area contributed by atoms with Gasteiger partial charge in [-0.25, -0.2) is 4.99 Å². The Balaban J connectivity index is 0.00000225. The molecular formula is C10H20IN5. The van der Waals surface area contributed by atoms with Gasteiger partial charge in [-0.1, -0.05) is 0 Å². The molecule has 0 saturated heterocycles. The molecule has 0 saturated carbocycles. The van der Waals surface area contributed by atoms with E-state index in [0.717, 1.165) is 23.5 Å². The maximum atomic E-state index is 5.65. The number of aryl methyl sites for hydroxylation is 2. The number of nitrogens with one attached hydrogen (secondary N) is 1. The minimum atomic E-state index is 0. The molecule has 0 unspecified atom stereocenters. The molecule has 0 fully saturated rings. The predicted molar refractivity (Wildman–Crippen MR) is 77.1 cm³/mol. The molecule has 92 valence electrons. The lowest BCUT2D eigenvalue weighted by Crippen LogP contribution is -2.31. The lowest BCUT2D eigenvalue weighted by Gasteiger charge is -2.02. The van der Waals surface area contributed by atoms with Gasteiger partial charge in [-0.05, 0) is 20.8 Å². The third-order valence-corrected chi connectivity index (χ3v) is 2.42. The highest BCUT2D eigenvalue weighted by molar-refractivity contribution is 14.0. The van der Waals surface area contributed by atoms with Crippen LogP contribution in [-0.4, -0.2) is 22.3 Å². The predicted octanol–water partition coefficient (Wildman–Crippen LogP) is 1.08. The number of nitrogens with zero attached hydrogens (tertiary/aromatic N) is 3. The van der Waals surface area contributed by atoms with Crippen LogP contribution in [0.5, 0.6) is 0 Å². The van der Waals surface area contributed by atoms with Crippen LogP contribution in [0.4, 0.5) is 0 Å². The molecule has 1 heterocycles. The molecule has 1 aromatic heterocycles. The van der Waals surface area contributed by atoms with Gasteiger partial charge in [0.2, 0.25) is 0 Å². The number of aromatic nitrogens is 2. The molecule has 5 nitrogen and oxygen atoms in total. The van der Waals surface area contributed by atoms with Crippen molar-refractivity contribution in [3.05, 3.63) is 17.0 Å². The van der Waals surface area contributed by atoms with Crippen LogP contribution >= 0.6 is 24.0 Å². The van der Waals surface area contributed by atoms with Crippen LogP contribution in [0.25, 0.3) is 0 Å². The number of guanidine groups is 1. The van der Waals surface area contributed by atoms with Crippen molar-refractivity contribution >= 4 is 29.9 Å². The van der Waals surface area contributed by atoms with Crippen molar-refractivity contribution < 1.29 is 0 Å². The molecule has 1 rings (SSSR count). The molecule has 0 aliphatic heterocycles. The molecule has 0 aliphatic rings. The fourth-order valence-corrected chi connectivity index (χ4v) is 1.45. The second-order valence-corrected chi connectivity index (χ2v) is 3.50. The van der Waals surface area contributed by atoms with Crippen molar-refractivity contribution in [1.82, 2.24) is 15.1 Å². The molecule has 0 amide bonds. The van der Waals surface area contributed by atoms with E-state index in [1.165, 1.54) is 0 Å². The van der Waals surface area contributed by atoms with Crippen molar-refractivity contribution in [2.75, 3.05) is 6.54 Å². The summed E-state index contributed by atoms with van der Waals surface area (Å²) in [4.78, 5) is 4.25. The van der Waals surface area contributed by atoms with Crippen molar-refractivity contribution in [3.63, 3.8) is 0 Å². The molecule has 0 atom stereocenters. The van der Waals surface area contributed by atoms with Gasteiger partial charge in [-0.3, -0.25) is 4.68 Å². The monoisotopic (exact) mass is 337 g/mol. The average molecular weight is 337 g/mol. The number of nitrogens with two attached hydrogens (primary N) is 1. The van der Waals surface area contributed by atoms with Gasteiger partial charge in [0.25, 0.3) is 0 Å². The van der Waals surface area contributed by atoms with E-state index in [4.69, 9.17) is 5.73 Å². The first-order valence-corrected chi connectivity index (χ1v) is 5.09. The van der Waals surface area contributed by atoms with Crippen LogP contribution in [0.3, 0.4) is 0 Å². The fraction of sp³-hybridized carbons (Fsp3) is 0.600. The Hall–Kier alpha value is -0.790. The third kappa shape index (κ3) is 3.66. The van der Waals surface area contributed by atoms with E-state index in [9.17, 15) is 0 Å². The third-order valence-electron chi connectivity index (χ3n) is 2.42. The molecule has 0 aliphatic carbocycles. The number of rotatable bonds is 3. The molecule has 16 heavy (non-hydrogen) atoms. The quantitative estimate of drug-likeness (QED) is 0.493. The molecule has 0 aromatic carbocycles. The summed E-state index contributed by atoms with van der Waals surface area (Å²) in [6.45, 7) is 7.39. The van der Waals surface area contributed by atoms with E-state index in [1.54, 1.807) is 0 Å². The fourth-order valence-electron chi connectivity index (χ4n) is 1.45. The Morgan fingerprint density at radius 1 is 1.50 bits per heavy atom. The van der Waals surface area contributed by atoms with Crippen LogP contribution in [0.2, 0.25) is 0 Å². The zero-order valence-electron chi connectivity index (χ0n) is 10.2. The summed E-state index contributed by atoms with van der Waals surface area (Å²) >= 11 is 0. The smallest absolute Gasteiger partial charge is 0.188 e. The lowest BCUT2D eigenvalue weighted by atomic mass is 10.2. The van der Waals surface area contributed by atoms with Gasteiger partial charge in [0.15, 0.2) is 5.96 Å². The Labute approximate surface area is 114 Å². The number of aliphatic imine (C=N–C) groups is 1. The summed E-state index contributed by atoms with van der Waals surface area (Å²) in [6, 6.07) is 0. The van der Waals surface area contributed by atoms with Crippen LogP contribution in [-0.2, 0) is 13.6 Å². The minimum absolute atomic E-state index is 0. The van der Waals surface area contributed by atoms with Gasteiger partial charge in [0.1, 0.15) is 0 Å². The molecule has 0 radical (unpaired) electrons. The minimum Gasteiger partial charge on any atom is -0.370 e. The standard InChI is InChI=1S/C10H19N5.HI/c1-5-12-10(11)13-6-9-7(2)14-15(4)8(9)3;/h5-6H2,1-4H3,(H3,11,12,13);1H.